The molecule has 4 aromatic rings. The monoisotopic (exact) mass is 1030 g/mol. The van der Waals surface area contributed by atoms with E-state index >= 15 is 0 Å². The molecule has 0 bridgehead atoms. The number of hydrogen-bond donors (Lipinski definition) is 6. The predicted molar refractivity (Wildman–Crippen MR) is 254 cm³/mol. The van der Waals surface area contributed by atoms with Crippen LogP contribution >= 0.6 is 31.3 Å². The summed E-state index contributed by atoms with van der Waals surface area (Å²) in [4.78, 5) is 77.0. The van der Waals surface area contributed by atoms with Gasteiger partial charge in [-0.1, -0.05) is 149 Å². The number of unbranched alkanes of at least 4 members (excludes halogenated alkanes) is 8. The summed E-state index contributed by atoms with van der Waals surface area (Å²) in [5.74, 6) is -0.377. The van der Waals surface area contributed by atoms with Crippen LogP contribution in [0.25, 0.3) is 22.3 Å². The molecule has 2 unspecified atom stereocenters. The SMILES string of the molecule is CC.O=C(CCCCCCCOP(=O)(O)O)OCC1c2ccccc2-c2ccccc21.O=C(CCCCCCCOP(=O)(O)OP(=O)(O)OP(=O)(O)O)OCC1c2ccccc2-c2ccccc21. The Morgan fingerprint density at radius 3 is 1.10 bits per heavy atom. The average Bonchev–Trinajstić information content (AvgIpc) is 3.78. The molecule has 6 rings (SSSR count). The molecule has 6 N–H and O–H groups in total. The largest absolute Gasteiger partial charge is 0.490 e. The highest BCUT2D eigenvalue weighted by atomic mass is 31.3. The summed E-state index contributed by atoms with van der Waals surface area (Å²) in [5, 5.41) is 0. The van der Waals surface area contributed by atoms with Crippen LogP contribution in [0.5, 0.6) is 0 Å². The van der Waals surface area contributed by atoms with E-state index in [0.717, 1.165) is 47.9 Å². The Morgan fingerprint density at radius 2 is 0.750 bits per heavy atom. The van der Waals surface area contributed by atoms with Gasteiger partial charge in [-0.2, -0.15) is 8.62 Å². The molecule has 0 heterocycles. The zero-order chi connectivity index (χ0) is 49.8. The Bertz CT molecular complexity index is 2340. The number of hydrogen-bond acceptors (Lipinski definition) is 12. The minimum atomic E-state index is -5.51. The summed E-state index contributed by atoms with van der Waals surface area (Å²) < 4.78 is 71.3. The van der Waals surface area contributed by atoms with Gasteiger partial charge in [0.05, 0.1) is 13.2 Å². The molecule has 0 aliphatic heterocycles. The van der Waals surface area contributed by atoms with Crippen molar-refractivity contribution in [2.75, 3.05) is 26.4 Å². The van der Waals surface area contributed by atoms with Crippen molar-refractivity contribution in [1.82, 2.24) is 0 Å². The van der Waals surface area contributed by atoms with Gasteiger partial charge in [0, 0.05) is 24.7 Å². The first-order valence-electron chi connectivity index (χ1n) is 22.5. The molecule has 374 valence electrons. The second-order valence-electron chi connectivity index (χ2n) is 15.6. The summed E-state index contributed by atoms with van der Waals surface area (Å²) in [5.41, 5.74) is 9.45. The molecule has 0 radical (unpaired) electrons. The quantitative estimate of drug-likeness (QED) is 0.0194. The van der Waals surface area contributed by atoms with Crippen LogP contribution in [0.4, 0.5) is 0 Å². The van der Waals surface area contributed by atoms with Gasteiger partial charge in [0.15, 0.2) is 0 Å². The Balaban J connectivity index is 0.000000294. The highest BCUT2D eigenvalue weighted by molar-refractivity contribution is 7.66. The van der Waals surface area contributed by atoms with Crippen molar-refractivity contribution in [1.29, 1.82) is 0 Å². The van der Waals surface area contributed by atoms with Crippen LogP contribution < -0.4 is 0 Å². The van der Waals surface area contributed by atoms with E-state index in [-0.39, 0.29) is 50.0 Å². The van der Waals surface area contributed by atoms with Crippen molar-refractivity contribution in [3.63, 3.8) is 0 Å². The molecule has 0 spiro atoms. The van der Waals surface area contributed by atoms with Gasteiger partial charge >= 0.3 is 43.2 Å². The number of esters is 2. The summed E-state index contributed by atoms with van der Waals surface area (Å²) >= 11 is 0. The van der Waals surface area contributed by atoms with Gasteiger partial charge in [-0.15, -0.1) is 0 Å². The maximum Gasteiger partial charge on any atom is 0.490 e. The fourth-order valence-corrected chi connectivity index (χ4v) is 11.3. The third-order valence-electron chi connectivity index (χ3n) is 10.7. The van der Waals surface area contributed by atoms with E-state index in [1.807, 2.05) is 62.4 Å². The standard InChI is InChI=1S/C22H29O12P3.C22H27O6P.C2H6/c23-22(31-16-21-19-12-7-5-10-17(19)18-11-6-8-13-20(18)21)14-4-2-1-3-9-15-32-36(27,28)34-37(29,30)33-35(24,25)26;23-22(14-4-2-1-3-9-15-28-29(24,25)26)27-16-21-19-12-7-5-10-17(19)18-11-6-8-13-20(18)21;1-2/h5-8,10-13,21H,1-4,9,14-16H2,(H,27,28)(H,29,30)(H2,24,25,26);5-8,10-13,21H,1-4,9,14-16H2,(H2,24,25,26);1-2H3. The second kappa shape index (κ2) is 27.7. The van der Waals surface area contributed by atoms with Crippen molar-refractivity contribution in [3.05, 3.63) is 119 Å². The number of phosphoric acid groups is 4. The number of phosphoric ester groups is 2. The molecule has 4 aromatic carbocycles. The zero-order valence-corrected chi connectivity index (χ0v) is 41.7. The molecule has 2 aliphatic rings. The van der Waals surface area contributed by atoms with Crippen molar-refractivity contribution in [2.24, 2.45) is 0 Å². The Labute approximate surface area is 397 Å². The van der Waals surface area contributed by atoms with Gasteiger partial charge in [0.2, 0.25) is 0 Å². The maximum absolute atomic E-state index is 12.3. The lowest BCUT2D eigenvalue weighted by Gasteiger charge is -2.16. The Morgan fingerprint density at radius 1 is 0.426 bits per heavy atom. The zero-order valence-electron chi connectivity index (χ0n) is 38.1. The van der Waals surface area contributed by atoms with Crippen LogP contribution in [0.2, 0.25) is 0 Å². The van der Waals surface area contributed by atoms with Crippen LogP contribution in [-0.2, 0) is 55.0 Å². The highest BCUT2D eigenvalue weighted by Gasteiger charge is 2.40. The first-order valence-corrected chi connectivity index (χ1v) is 28.5. The van der Waals surface area contributed by atoms with Gasteiger partial charge in [-0.25, -0.2) is 18.3 Å². The van der Waals surface area contributed by atoms with Gasteiger partial charge in [-0.3, -0.25) is 18.6 Å². The summed E-state index contributed by atoms with van der Waals surface area (Å²) in [6.45, 7) is 4.37. The lowest BCUT2D eigenvalue weighted by Crippen LogP contribution is -2.12. The molecule has 0 aromatic heterocycles. The molecule has 2 aliphatic carbocycles. The van der Waals surface area contributed by atoms with Gasteiger partial charge < -0.3 is 38.8 Å². The molecular weight excluding hydrogens is 964 g/mol. The minimum absolute atomic E-state index is 0.00548. The Hall–Kier alpha value is -3.66. The van der Waals surface area contributed by atoms with Gasteiger partial charge in [-0.05, 0) is 70.2 Å². The highest BCUT2D eigenvalue weighted by Crippen LogP contribution is 2.66. The van der Waals surface area contributed by atoms with E-state index in [9.17, 15) is 32.7 Å². The third kappa shape index (κ3) is 19.3. The van der Waals surface area contributed by atoms with E-state index in [1.165, 1.54) is 22.3 Å². The van der Waals surface area contributed by atoms with E-state index in [2.05, 4.69) is 66.2 Å². The van der Waals surface area contributed by atoms with Crippen LogP contribution in [-0.4, -0.2) is 67.7 Å². The number of carbonyl (C=O) groups excluding carboxylic acids is 2. The minimum Gasteiger partial charge on any atom is -0.465 e. The Kier molecular flexibility index (Phi) is 23.2. The van der Waals surface area contributed by atoms with Crippen molar-refractivity contribution in [2.45, 2.75) is 103 Å². The first kappa shape index (κ1) is 56.9. The number of benzene rings is 4. The lowest BCUT2D eigenvalue weighted by molar-refractivity contribution is -0.145. The first-order chi connectivity index (χ1) is 32.3. The second-order valence-corrected chi connectivity index (χ2v) is 21.3. The molecule has 0 amide bonds. The van der Waals surface area contributed by atoms with Crippen molar-refractivity contribution < 1.29 is 84.4 Å². The molecule has 2 atom stereocenters. The average molecular weight is 1030 g/mol. The van der Waals surface area contributed by atoms with Gasteiger partial charge in [0.1, 0.15) is 13.2 Å². The number of ether oxygens (including phenoxy) is 2. The van der Waals surface area contributed by atoms with E-state index in [0.29, 0.717) is 51.6 Å². The van der Waals surface area contributed by atoms with E-state index in [4.69, 9.17) is 33.9 Å². The van der Waals surface area contributed by atoms with Gasteiger partial charge in [0.25, 0.3) is 0 Å². The molecule has 0 saturated heterocycles. The fraction of sp³-hybridized carbons (Fsp3) is 0.435. The number of carbonyl (C=O) groups is 2. The smallest absolute Gasteiger partial charge is 0.465 e. The van der Waals surface area contributed by atoms with Crippen molar-refractivity contribution >= 4 is 43.2 Å². The lowest BCUT2D eigenvalue weighted by atomic mass is 9.98. The summed E-state index contributed by atoms with van der Waals surface area (Å²) in [6, 6.07) is 32.7. The number of fused-ring (bicyclic) bond motifs is 6. The van der Waals surface area contributed by atoms with Crippen LogP contribution in [0.1, 0.15) is 125 Å². The van der Waals surface area contributed by atoms with Crippen LogP contribution in [0.3, 0.4) is 0 Å². The van der Waals surface area contributed by atoms with E-state index in [1.54, 1.807) is 0 Å². The van der Waals surface area contributed by atoms with E-state index < -0.39 is 31.3 Å². The molecular formula is C46H62O18P4. The molecule has 18 nitrogen and oxygen atoms in total. The fourth-order valence-electron chi connectivity index (χ4n) is 7.85. The molecule has 22 heteroatoms. The summed E-state index contributed by atoms with van der Waals surface area (Å²) in [6.07, 6.45) is 7.43. The van der Waals surface area contributed by atoms with Crippen LogP contribution in [0, 0.1) is 0 Å². The number of rotatable bonds is 26. The predicted octanol–water partition coefficient (Wildman–Crippen LogP) is 10.8. The van der Waals surface area contributed by atoms with Crippen molar-refractivity contribution in [3.8, 4) is 22.3 Å². The van der Waals surface area contributed by atoms with Crippen LogP contribution in [0.15, 0.2) is 97.1 Å². The maximum atomic E-state index is 12.3. The topological polar surface area (TPSA) is 279 Å². The molecule has 0 saturated carbocycles. The normalized spacial score (nSPS) is 14.6. The summed E-state index contributed by atoms with van der Waals surface area (Å²) in [7, 11) is -20.4. The third-order valence-corrected chi connectivity index (χ3v) is 15.1. The molecule has 68 heavy (non-hydrogen) atoms. The molecule has 0 fully saturated rings.